The summed E-state index contributed by atoms with van der Waals surface area (Å²) >= 11 is 0. The van der Waals surface area contributed by atoms with Crippen molar-refractivity contribution in [1.82, 2.24) is 10.2 Å². The molecule has 0 unspecified atom stereocenters. The van der Waals surface area contributed by atoms with Gasteiger partial charge in [-0.1, -0.05) is 31.2 Å². The van der Waals surface area contributed by atoms with Crippen molar-refractivity contribution in [2.24, 2.45) is 0 Å². The van der Waals surface area contributed by atoms with Gasteiger partial charge in [0.1, 0.15) is 11.8 Å². The molecule has 0 saturated heterocycles. The molecule has 2 aromatic carbocycles. The highest BCUT2D eigenvalue weighted by molar-refractivity contribution is 5.88. The van der Waals surface area contributed by atoms with Crippen LogP contribution in [0.5, 0.6) is 11.5 Å². The van der Waals surface area contributed by atoms with Crippen LogP contribution >= 0.6 is 0 Å². The topological polar surface area (TPSA) is 67.9 Å². The minimum atomic E-state index is -0.724. The average molecular weight is 416 g/mol. The number of methoxy groups -OCH3 is 1. The SMILES string of the molecule is CC[C@H](C)NC(=O)[C@H](C)N(Cc1ccc(OC)cc1)C(=O)COc1ccccc1F. The highest BCUT2D eigenvalue weighted by Crippen LogP contribution is 2.17. The number of carbonyl (C=O) groups is 2. The summed E-state index contributed by atoms with van der Waals surface area (Å²) in [6.07, 6.45) is 0.779. The normalized spacial score (nSPS) is 12.6. The van der Waals surface area contributed by atoms with Crippen molar-refractivity contribution in [3.8, 4) is 11.5 Å². The molecule has 0 radical (unpaired) electrons. The van der Waals surface area contributed by atoms with E-state index < -0.39 is 17.8 Å². The van der Waals surface area contributed by atoms with Crippen molar-refractivity contribution in [2.75, 3.05) is 13.7 Å². The molecule has 0 fully saturated rings. The molecular weight excluding hydrogens is 387 g/mol. The Morgan fingerprint density at radius 2 is 1.77 bits per heavy atom. The lowest BCUT2D eigenvalue weighted by Crippen LogP contribution is -2.50. The van der Waals surface area contributed by atoms with Crippen molar-refractivity contribution in [3.05, 3.63) is 59.9 Å². The fourth-order valence-corrected chi connectivity index (χ4v) is 2.76. The summed E-state index contributed by atoms with van der Waals surface area (Å²) in [6.45, 7) is 5.37. The Labute approximate surface area is 177 Å². The highest BCUT2D eigenvalue weighted by Gasteiger charge is 2.27. The van der Waals surface area contributed by atoms with E-state index in [9.17, 15) is 14.0 Å². The van der Waals surface area contributed by atoms with E-state index in [1.165, 1.54) is 17.0 Å². The molecule has 0 aliphatic rings. The van der Waals surface area contributed by atoms with E-state index in [0.29, 0.717) is 5.75 Å². The molecule has 2 atom stereocenters. The Balaban J connectivity index is 2.16. The standard InChI is InChI=1S/C23H29FN2O4/c1-5-16(2)25-23(28)17(3)26(14-18-10-12-19(29-4)13-11-18)22(27)15-30-21-9-7-6-8-20(21)24/h6-13,16-17H,5,14-15H2,1-4H3,(H,25,28)/t16-,17-/m0/s1. The number of rotatable bonds is 10. The van der Waals surface area contributed by atoms with E-state index in [1.807, 2.05) is 26.0 Å². The number of hydrogen-bond donors (Lipinski definition) is 1. The first-order valence-electron chi connectivity index (χ1n) is 9.95. The molecule has 7 heteroatoms. The number of nitrogens with zero attached hydrogens (tertiary/aromatic N) is 1. The lowest BCUT2D eigenvalue weighted by Gasteiger charge is -2.29. The van der Waals surface area contributed by atoms with Gasteiger partial charge in [-0.25, -0.2) is 4.39 Å². The molecule has 0 heterocycles. The summed E-state index contributed by atoms with van der Waals surface area (Å²) in [7, 11) is 1.58. The second-order valence-corrected chi connectivity index (χ2v) is 7.08. The maximum absolute atomic E-state index is 13.8. The monoisotopic (exact) mass is 416 g/mol. The van der Waals surface area contributed by atoms with E-state index >= 15 is 0 Å². The Morgan fingerprint density at radius 1 is 1.10 bits per heavy atom. The Bertz CT molecular complexity index is 841. The average Bonchev–Trinajstić information content (AvgIpc) is 2.76. The van der Waals surface area contributed by atoms with E-state index in [4.69, 9.17) is 9.47 Å². The maximum atomic E-state index is 13.8. The molecule has 162 valence electrons. The van der Waals surface area contributed by atoms with Crippen molar-refractivity contribution < 1.29 is 23.5 Å². The van der Waals surface area contributed by atoms with Crippen molar-refractivity contribution in [3.63, 3.8) is 0 Å². The third-order valence-corrected chi connectivity index (χ3v) is 4.87. The molecule has 0 bridgehead atoms. The van der Waals surface area contributed by atoms with Gasteiger partial charge in [0, 0.05) is 12.6 Å². The minimum Gasteiger partial charge on any atom is -0.497 e. The predicted octanol–water partition coefficient (Wildman–Crippen LogP) is 3.55. The number of carbonyl (C=O) groups excluding carboxylic acids is 2. The van der Waals surface area contributed by atoms with Crippen LogP contribution in [0.2, 0.25) is 0 Å². The zero-order valence-electron chi connectivity index (χ0n) is 17.9. The van der Waals surface area contributed by atoms with Crippen LogP contribution in [0.3, 0.4) is 0 Å². The van der Waals surface area contributed by atoms with Crippen LogP contribution in [0.15, 0.2) is 48.5 Å². The van der Waals surface area contributed by atoms with Crippen molar-refractivity contribution >= 4 is 11.8 Å². The van der Waals surface area contributed by atoms with Gasteiger partial charge in [0.25, 0.3) is 5.91 Å². The van der Waals surface area contributed by atoms with Gasteiger partial charge in [0.2, 0.25) is 5.91 Å². The van der Waals surface area contributed by atoms with Gasteiger partial charge >= 0.3 is 0 Å². The summed E-state index contributed by atoms with van der Waals surface area (Å²) < 4.78 is 24.3. The lowest BCUT2D eigenvalue weighted by molar-refractivity contribution is -0.142. The molecule has 6 nitrogen and oxygen atoms in total. The number of hydrogen-bond acceptors (Lipinski definition) is 4. The van der Waals surface area contributed by atoms with Crippen LogP contribution in [0.4, 0.5) is 4.39 Å². The largest absolute Gasteiger partial charge is 0.497 e. The quantitative estimate of drug-likeness (QED) is 0.643. The van der Waals surface area contributed by atoms with E-state index in [1.54, 1.807) is 38.3 Å². The van der Waals surface area contributed by atoms with E-state index in [2.05, 4.69) is 5.32 Å². The zero-order valence-corrected chi connectivity index (χ0v) is 17.9. The fourth-order valence-electron chi connectivity index (χ4n) is 2.76. The van der Waals surface area contributed by atoms with Crippen LogP contribution in [0, 0.1) is 5.82 Å². The summed E-state index contributed by atoms with van der Waals surface area (Å²) in [5.41, 5.74) is 0.832. The van der Waals surface area contributed by atoms with Crippen molar-refractivity contribution in [1.29, 1.82) is 0 Å². The molecular formula is C23H29FN2O4. The molecule has 30 heavy (non-hydrogen) atoms. The first-order chi connectivity index (χ1) is 14.3. The first-order valence-corrected chi connectivity index (χ1v) is 9.95. The number of ether oxygens (including phenoxy) is 2. The fraction of sp³-hybridized carbons (Fsp3) is 0.391. The third-order valence-electron chi connectivity index (χ3n) is 4.87. The third kappa shape index (κ3) is 6.47. The maximum Gasteiger partial charge on any atom is 0.261 e. The van der Waals surface area contributed by atoms with Gasteiger partial charge in [-0.3, -0.25) is 9.59 Å². The summed E-state index contributed by atoms with van der Waals surface area (Å²) in [5, 5.41) is 2.90. The van der Waals surface area contributed by atoms with Gasteiger partial charge in [0.05, 0.1) is 7.11 Å². The number of halogens is 1. The number of nitrogens with one attached hydrogen (secondary N) is 1. The van der Waals surface area contributed by atoms with Crippen LogP contribution in [0.1, 0.15) is 32.8 Å². The van der Waals surface area contributed by atoms with Gasteiger partial charge in [-0.05, 0) is 50.1 Å². The molecule has 0 saturated carbocycles. The Morgan fingerprint density at radius 3 is 2.37 bits per heavy atom. The zero-order chi connectivity index (χ0) is 22.1. The predicted molar refractivity (Wildman–Crippen MR) is 113 cm³/mol. The molecule has 0 aliphatic carbocycles. The summed E-state index contributed by atoms with van der Waals surface area (Å²) in [4.78, 5) is 27.0. The first kappa shape index (κ1) is 23.2. The number of para-hydroxylation sites is 1. The molecule has 2 amide bonds. The highest BCUT2D eigenvalue weighted by atomic mass is 19.1. The molecule has 0 aromatic heterocycles. The Kier molecular flexibility index (Phi) is 8.65. The van der Waals surface area contributed by atoms with Crippen LogP contribution < -0.4 is 14.8 Å². The van der Waals surface area contributed by atoms with Crippen molar-refractivity contribution in [2.45, 2.75) is 45.8 Å². The molecule has 0 aliphatic heterocycles. The Hall–Kier alpha value is -3.09. The van der Waals surface area contributed by atoms with Gasteiger partial charge < -0.3 is 19.7 Å². The van der Waals surface area contributed by atoms with Gasteiger partial charge in [-0.2, -0.15) is 0 Å². The minimum absolute atomic E-state index is 0.00690. The molecule has 0 spiro atoms. The van der Waals surface area contributed by atoms with E-state index in [-0.39, 0.29) is 30.9 Å². The summed E-state index contributed by atoms with van der Waals surface area (Å²) in [5.74, 6) is -0.526. The van der Waals surface area contributed by atoms with Crippen LogP contribution in [-0.2, 0) is 16.1 Å². The molecule has 2 aromatic rings. The van der Waals surface area contributed by atoms with Gasteiger partial charge in [0.15, 0.2) is 18.2 Å². The van der Waals surface area contributed by atoms with Gasteiger partial charge in [-0.15, -0.1) is 0 Å². The van der Waals surface area contributed by atoms with Crippen LogP contribution in [-0.4, -0.2) is 42.5 Å². The second-order valence-electron chi connectivity index (χ2n) is 7.08. The van der Waals surface area contributed by atoms with E-state index in [0.717, 1.165) is 12.0 Å². The van der Waals surface area contributed by atoms with Crippen LogP contribution in [0.25, 0.3) is 0 Å². The molecule has 2 rings (SSSR count). The second kappa shape index (κ2) is 11.2. The summed E-state index contributed by atoms with van der Waals surface area (Å²) in [6, 6.07) is 12.4. The molecule has 1 N–H and O–H groups in total. The number of benzene rings is 2. The number of amides is 2. The smallest absolute Gasteiger partial charge is 0.261 e. The lowest BCUT2D eigenvalue weighted by atomic mass is 10.1.